The van der Waals surface area contributed by atoms with Crippen LogP contribution in [0, 0.1) is 6.92 Å². The predicted molar refractivity (Wildman–Crippen MR) is 104 cm³/mol. The number of nitrogens with zero attached hydrogens (tertiary/aromatic N) is 3. The van der Waals surface area contributed by atoms with Gasteiger partial charge in [-0.25, -0.2) is 0 Å². The lowest BCUT2D eigenvalue weighted by Crippen LogP contribution is -2.53. The summed E-state index contributed by atoms with van der Waals surface area (Å²) >= 11 is 0. The minimum absolute atomic E-state index is 0.0514. The number of amides is 2. The number of hydrogen-bond donors (Lipinski definition) is 2. The van der Waals surface area contributed by atoms with Crippen molar-refractivity contribution in [2.24, 2.45) is 0 Å². The van der Waals surface area contributed by atoms with Crippen LogP contribution >= 0.6 is 0 Å². The van der Waals surface area contributed by atoms with E-state index in [-0.39, 0.29) is 30.4 Å². The molecule has 1 fully saturated rings. The van der Waals surface area contributed by atoms with E-state index in [1.165, 1.54) is 7.11 Å². The van der Waals surface area contributed by atoms with Crippen molar-refractivity contribution in [1.29, 1.82) is 0 Å². The zero-order valence-corrected chi connectivity index (χ0v) is 16.3. The Bertz CT molecular complexity index is 1030. The van der Waals surface area contributed by atoms with Gasteiger partial charge in [0.05, 0.1) is 12.0 Å². The number of rotatable bonds is 5. The smallest absolute Gasteiger partial charge is 0.253 e. The van der Waals surface area contributed by atoms with Crippen LogP contribution in [0.15, 0.2) is 35.0 Å². The molecular formula is C20H23N5O4. The molecule has 0 unspecified atom stereocenters. The molecule has 152 valence electrons. The fourth-order valence-corrected chi connectivity index (χ4v) is 3.79. The summed E-state index contributed by atoms with van der Waals surface area (Å²) in [5.74, 6) is 0.542. The second-order valence-corrected chi connectivity index (χ2v) is 7.21. The van der Waals surface area contributed by atoms with Gasteiger partial charge in [0.1, 0.15) is 6.61 Å². The zero-order chi connectivity index (χ0) is 20.4. The van der Waals surface area contributed by atoms with Crippen molar-refractivity contribution in [3.8, 4) is 0 Å². The molecule has 2 atom stereocenters. The van der Waals surface area contributed by atoms with E-state index in [0.29, 0.717) is 36.8 Å². The standard InChI is InChI=1S/C20H23N5O4/c1-12-22-19(29-24-12)15-6-8-25(10-17(15)23-18(26)11-28-2)20(27)14-3-4-16-13(9-14)5-7-21-16/h3-5,7,9,15,17,21H,6,8,10-11H2,1-2H3,(H,23,26)/t15-,17+/m0/s1. The van der Waals surface area contributed by atoms with Crippen molar-refractivity contribution in [2.75, 3.05) is 26.8 Å². The van der Waals surface area contributed by atoms with E-state index < -0.39 is 0 Å². The first-order valence-electron chi connectivity index (χ1n) is 9.50. The van der Waals surface area contributed by atoms with E-state index in [1.807, 2.05) is 30.5 Å². The fourth-order valence-electron chi connectivity index (χ4n) is 3.79. The van der Waals surface area contributed by atoms with Crippen LogP contribution in [0.5, 0.6) is 0 Å². The number of methoxy groups -OCH3 is 1. The lowest BCUT2D eigenvalue weighted by Gasteiger charge is -2.37. The van der Waals surface area contributed by atoms with Crippen LogP contribution in [0.4, 0.5) is 0 Å². The summed E-state index contributed by atoms with van der Waals surface area (Å²) in [6.45, 7) is 2.59. The molecule has 0 bridgehead atoms. The Morgan fingerprint density at radius 2 is 2.24 bits per heavy atom. The SMILES string of the molecule is COCC(=O)N[C@@H]1CN(C(=O)c2ccc3[nH]ccc3c2)CC[C@@H]1c1nc(C)no1. The summed E-state index contributed by atoms with van der Waals surface area (Å²) in [6.07, 6.45) is 2.45. The number of nitrogens with one attached hydrogen (secondary N) is 2. The predicted octanol–water partition coefficient (Wildman–Crippen LogP) is 1.62. The first-order chi connectivity index (χ1) is 14.0. The van der Waals surface area contributed by atoms with Crippen molar-refractivity contribution >= 4 is 22.7 Å². The Morgan fingerprint density at radius 3 is 3.00 bits per heavy atom. The summed E-state index contributed by atoms with van der Waals surface area (Å²) in [4.78, 5) is 34.5. The average molecular weight is 397 g/mol. The largest absolute Gasteiger partial charge is 0.375 e. The van der Waals surface area contributed by atoms with Gasteiger partial charge < -0.3 is 24.5 Å². The highest BCUT2D eigenvalue weighted by molar-refractivity contribution is 5.98. The maximum atomic E-state index is 13.1. The molecule has 0 saturated carbocycles. The van der Waals surface area contributed by atoms with Crippen molar-refractivity contribution in [3.05, 3.63) is 47.7 Å². The fraction of sp³-hybridized carbons (Fsp3) is 0.400. The molecule has 4 rings (SSSR count). The maximum absolute atomic E-state index is 13.1. The highest BCUT2D eigenvalue weighted by Gasteiger charge is 2.36. The molecule has 2 amide bonds. The van der Waals surface area contributed by atoms with Crippen LogP contribution in [-0.4, -0.2) is 64.7 Å². The van der Waals surface area contributed by atoms with E-state index in [0.717, 1.165) is 10.9 Å². The lowest BCUT2D eigenvalue weighted by atomic mass is 9.90. The van der Waals surface area contributed by atoms with Gasteiger partial charge in [-0.15, -0.1) is 0 Å². The molecule has 3 aromatic rings. The number of likely N-dealkylation sites (tertiary alicyclic amines) is 1. The third-order valence-corrected chi connectivity index (χ3v) is 5.18. The third kappa shape index (κ3) is 4.00. The van der Waals surface area contributed by atoms with Gasteiger partial charge in [0.15, 0.2) is 5.82 Å². The summed E-state index contributed by atoms with van der Waals surface area (Å²) in [7, 11) is 1.46. The molecule has 2 N–H and O–H groups in total. The number of benzene rings is 1. The van der Waals surface area contributed by atoms with Gasteiger partial charge in [0.2, 0.25) is 11.8 Å². The molecule has 3 heterocycles. The van der Waals surface area contributed by atoms with E-state index in [1.54, 1.807) is 11.8 Å². The van der Waals surface area contributed by atoms with Crippen molar-refractivity contribution in [1.82, 2.24) is 25.3 Å². The molecule has 9 nitrogen and oxygen atoms in total. The normalized spacial score (nSPS) is 19.4. The van der Waals surface area contributed by atoms with E-state index in [2.05, 4.69) is 20.4 Å². The van der Waals surface area contributed by atoms with E-state index >= 15 is 0 Å². The first kappa shape index (κ1) is 19.1. The van der Waals surface area contributed by atoms with Gasteiger partial charge in [-0.1, -0.05) is 5.16 Å². The van der Waals surface area contributed by atoms with Crippen LogP contribution in [-0.2, 0) is 9.53 Å². The van der Waals surface area contributed by atoms with Crippen LogP contribution in [0.25, 0.3) is 10.9 Å². The average Bonchev–Trinajstić information content (AvgIpc) is 3.35. The van der Waals surface area contributed by atoms with Gasteiger partial charge in [0, 0.05) is 42.9 Å². The Kier molecular flexibility index (Phi) is 5.30. The summed E-state index contributed by atoms with van der Waals surface area (Å²) in [6, 6.07) is 7.18. The molecule has 0 radical (unpaired) electrons. The molecular weight excluding hydrogens is 374 g/mol. The number of aromatic amines is 1. The van der Waals surface area contributed by atoms with Crippen LogP contribution in [0.3, 0.4) is 0 Å². The van der Waals surface area contributed by atoms with Gasteiger partial charge in [-0.2, -0.15) is 4.98 Å². The maximum Gasteiger partial charge on any atom is 0.253 e. The first-order valence-corrected chi connectivity index (χ1v) is 9.50. The van der Waals surface area contributed by atoms with Crippen LogP contribution in [0.2, 0.25) is 0 Å². The Morgan fingerprint density at radius 1 is 1.38 bits per heavy atom. The van der Waals surface area contributed by atoms with Gasteiger partial charge >= 0.3 is 0 Å². The molecule has 1 aliphatic heterocycles. The number of carbonyl (C=O) groups is 2. The highest BCUT2D eigenvalue weighted by atomic mass is 16.5. The highest BCUT2D eigenvalue weighted by Crippen LogP contribution is 2.28. The molecule has 0 aliphatic carbocycles. The van der Waals surface area contributed by atoms with Crippen molar-refractivity contribution < 1.29 is 18.8 Å². The van der Waals surface area contributed by atoms with Gasteiger partial charge in [0.25, 0.3) is 5.91 Å². The van der Waals surface area contributed by atoms with Gasteiger partial charge in [-0.3, -0.25) is 9.59 Å². The number of carbonyl (C=O) groups excluding carboxylic acids is 2. The molecule has 0 spiro atoms. The lowest BCUT2D eigenvalue weighted by molar-refractivity contribution is -0.126. The zero-order valence-electron chi connectivity index (χ0n) is 16.3. The second-order valence-electron chi connectivity index (χ2n) is 7.21. The summed E-state index contributed by atoms with van der Waals surface area (Å²) in [5, 5.41) is 7.79. The quantitative estimate of drug-likeness (QED) is 0.676. The summed E-state index contributed by atoms with van der Waals surface area (Å²) in [5.41, 5.74) is 1.60. The monoisotopic (exact) mass is 397 g/mol. The van der Waals surface area contributed by atoms with Gasteiger partial charge in [-0.05, 0) is 37.6 Å². The topological polar surface area (TPSA) is 113 Å². The molecule has 9 heteroatoms. The van der Waals surface area contributed by atoms with Crippen LogP contribution in [0.1, 0.15) is 34.4 Å². The Labute approximate surface area is 167 Å². The van der Waals surface area contributed by atoms with Crippen LogP contribution < -0.4 is 5.32 Å². The van der Waals surface area contributed by atoms with E-state index in [4.69, 9.17) is 9.26 Å². The molecule has 29 heavy (non-hydrogen) atoms. The van der Waals surface area contributed by atoms with E-state index in [9.17, 15) is 9.59 Å². The number of aromatic nitrogens is 3. The molecule has 2 aromatic heterocycles. The number of piperidine rings is 1. The third-order valence-electron chi connectivity index (χ3n) is 5.18. The number of hydrogen-bond acceptors (Lipinski definition) is 6. The summed E-state index contributed by atoms with van der Waals surface area (Å²) < 4.78 is 10.3. The number of aryl methyl sites for hydroxylation is 1. The number of fused-ring (bicyclic) bond motifs is 1. The van der Waals surface area contributed by atoms with Crippen molar-refractivity contribution in [2.45, 2.75) is 25.3 Å². The molecule has 1 aliphatic rings. The molecule has 1 aromatic carbocycles. The molecule has 1 saturated heterocycles. The number of H-pyrrole nitrogens is 1. The van der Waals surface area contributed by atoms with Crippen molar-refractivity contribution in [3.63, 3.8) is 0 Å². The number of ether oxygens (including phenoxy) is 1. The Hall–Kier alpha value is -3.20. The second kappa shape index (κ2) is 8.04. The Balaban J connectivity index is 1.54. The minimum Gasteiger partial charge on any atom is -0.375 e. The minimum atomic E-state index is -0.341.